The Morgan fingerprint density at radius 3 is 2.85 bits per heavy atom. The maximum absolute atomic E-state index is 5.52. The molecule has 2 heterocycles. The zero-order valence-corrected chi connectivity index (χ0v) is 15.7. The molecule has 4 rings (SSSR count). The Labute approximate surface area is 156 Å². The zero-order chi connectivity index (χ0) is 17.8. The van der Waals surface area contributed by atoms with Crippen LogP contribution in [0, 0.1) is 0 Å². The normalized spacial score (nSPS) is 22.1. The Balaban J connectivity index is 1.47. The molecule has 1 aromatic carbocycles. The van der Waals surface area contributed by atoms with Crippen molar-refractivity contribution in [1.82, 2.24) is 20.4 Å². The molecule has 5 nitrogen and oxygen atoms in total. The number of hydrogen-bond donors (Lipinski definition) is 2. The molecule has 1 aliphatic heterocycles. The van der Waals surface area contributed by atoms with Crippen molar-refractivity contribution in [3.05, 3.63) is 52.8 Å². The highest BCUT2D eigenvalue weighted by molar-refractivity contribution is 5.26. The van der Waals surface area contributed by atoms with Crippen LogP contribution >= 0.6 is 0 Å². The average Bonchev–Trinajstić information content (AvgIpc) is 3.16. The van der Waals surface area contributed by atoms with Crippen molar-refractivity contribution in [2.75, 3.05) is 32.8 Å². The van der Waals surface area contributed by atoms with E-state index in [1.807, 2.05) is 6.20 Å². The van der Waals surface area contributed by atoms with E-state index in [-0.39, 0.29) is 0 Å². The van der Waals surface area contributed by atoms with E-state index in [4.69, 9.17) is 4.74 Å². The molecule has 1 aliphatic carbocycles. The van der Waals surface area contributed by atoms with E-state index < -0.39 is 0 Å². The van der Waals surface area contributed by atoms with Crippen LogP contribution < -0.4 is 5.32 Å². The van der Waals surface area contributed by atoms with E-state index in [1.54, 1.807) is 0 Å². The Hall–Kier alpha value is -1.69. The van der Waals surface area contributed by atoms with Gasteiger partial charge in [-0.1, -0.05) is 31.2 Å². The van der Waals surface area contributed by atoms with Gasteiger partial charge in [0.2, 0.25) is 0 Å². The fourth-order valence-corrected chi connectivity index (χ4v) is 4.12. The standard InChI is InChI=1S/C21H30N4O/c1-2-16-3-5-17(6-4-16)21(15-25-9-11-26-12-10-25)23-19-7-8-20-18(13-19)14-22-24-20/h3-6,14,19,21,23H,2,7-13,15H2,1H3,(H,22,24). The Morgan fingerprint density at radius 2 is 2.08 bits per heavy atom. The van der Waals surface area contributed by atoms with Crippen molar-refractivity contribution < 1.29 is 4.74 Å². The number of rotatable bonds is 6. The topological polar surface area (TPSA) is 53.2 Å². The van der Waals surface area contributed by atoms with Crippen molar-refractivity contribution >= 4 is 0 Å². The number of aromatic nitrogens is 2. The third-order valence-corrected chi connectivity index (χ3v) is 5.79. The monoisotopic (exact) mass is 354 g/mol. The summed E-state index contributed by atoms with van der Waals surface area (Å²) in [6.07, 6.45) is 6.41. The summed E-state index contributed by atoms with van der Waals surface area (Å²) in [5.41, 5.74) is 5.49. The lowest BCUT2D eigenvalue weighted by atomic mass is 9.92. The van der Waals surface area contributed by atoms with Crippen LogP contribution in [0.3, 0.4) is 0 Å². The number of benzene rings is 1. The molecule has 2 unspecified atom stereocenters. The van der Waals surface area contributed by atoms with Gasteiger partial charge in [0.25, 0.3) is 0 Å². The minimum absolute atomic E-state index is 0.359. The fraction of sp³-hybridized carbons (Fsp3) is 0.571. The summed E-state index contributed by atoms with van der Waals surface area (Å²) >= 11 is 0. The van der Waals surface area contributed by atoms with E-state index in [9.17, 15) is 0 Å². The molecule has 2 atom stereocenters. The number of ether oxygens (including phenoxy) is 1. The number of hydrogen-bond acceptors (Lipinski definition) is 4. The highest BCUT2D eigenvalue weighted by atomic mass is 16.5. The molecule has 26 heavy (non-hydrogen) atoms. The number of aryl methyl sites for hydroxylation is 2. The van der Waals surface area contributed by atoms with Crippen LogP contribution in [0.4, 0.5) is 0 Å². The molecular formula is C21H30N4O. The van der Waals surface area contributed by atoms with Crippen molar-refractivity contribution in [2.45, 2.75) is 44.7 Å². The number of aromatic amines is 1. The highest BCUT2D eigenvalue weighted by Gasteiger charge is 2.25. The van der Waals surface area contributed by atoms with Crippen LogP contribution in [0.5, 0.6) is 0 Å². The van der Waals surface area contributed by atoms with Gasteiger partial charge in [-0.05, 0) is 42.4 Å². The SMILES string of the molecule is CCc1ccc(C(CN2CCOCC2)NC2CCc3[nH]ncc3C2)cc1. The van der Waals surface area contributed by atoms with Crippen LogP contribution in [0.2, 0.25) is 0 Å². The molecule has 2 aromatic rings. The molecule has 0 bridgehead atoms. The Kier molecular flexibility index (Phi) is 5.68. The molecule has 0 amide bonds. The van der Waals surface area contributed by atoms with Gasteiger partial charge in [0.05, 0.1) is 19.4 Å². The van der Waals surface area contributed by atoms with Gasteiger partial charge < -0.3 is 10.1 Å². The number of fused-ring (bicyclic) bond motifs is 1. The highest BCUT2D eigenvalue weighted by Crippen LogP contribution is 2.23. The number of nitrogens with one attached hydrogen (secondary N) is 2. The Bertz CT molecular complexity index is 690. The predicted octanol–water partition coefficient (Wildman–Crippen LogP) is 2.49. The largest absolute Gasteiger partial charge is 0.379 e. The molecular weight excluding hydrogens is 324 g/mol. The van der Waals surface area contributed by atoms with Crippen LogP contribution in [-0.4, -0.2) is 54.0 Å². The number of morpholine rings is 1. The molecule has 140 valence electrons. The molecule has 1 fully saturated rings. The van der Waals surface area contributed by atoms with Gasteiger partial charge in [-0.25, -0.2) is 0 Å². The predicted molar refractivity (Wildman–Crippen MR) is 103 cm³/mol. The molecule has 5 heteroatoms. The number of H-pyrrole nitrogens is 1. The smallest absolute Gasteiger partial charge is 0.0594 e. The van der Waals surface area contributed by atoms with Gasteiger partial charge in [-0.15, -0.1) is 0 Å². The second kappa shape index (κ2) is 8.33. The van der Waals surface area contributed by atoms with E-state index in [0.29, 0.717) is 12.1 Å². The summed E-state index contributed by atoms with van der Waals surface area (Å²) in [6, 6.07) is 10.0. The zero-order valence-electron chi connectivity index (χ0n) is 15.7. The quantitative estimate of drug-likeness (QED) is 0.837. The summed E-state index contributed by atoms with van der Waals surface area (Å²) in [4.78, 5) is 2.53. The van der Waals surface area contributed by atoms with Crippen LogP contribution in [-0.2, 0) is 24.0 Å². The lowest BCUT2D eigenvalue weighted by Crippen LogP contribution is -2.45. The molecule has 0 radical (unpaired) electrons. The minimum atomic E-state index is 0.359. The number of nitrogens with zero attached hydrogens (tertiary/aromatic N) is 2. The maximum atomic E-state index is 5.52. The van der Waals surface area contributed by atoms with Gasteiger partial charge >= 0.3 is 0 Å². The molecule has 0 spiro atoms. The lowest BCUT2D eigenvalue weighted by molar-refractivity contribution is 0.0327. The molecule has 0 saturated carbocycles. The summed E-state index contributed by atoms with van der Waals surface area (Å²) < 4.78 is 5.52. The van der Waals surface area contributed by atoms with E-state index in [2.05, 4.69) is 51.6 Å². The molecule has 1 saturated heterocycles. The van der Waals surface area contributed by atoms with Crippen molar-refractivity contribution in [3.63, 3.8) is 0 Å². The lowest BCUT2D eigenvalue weighted by Gasteiger charge is -2.34. The first-order valence-corrected chi connectivity index (χ1v) is 9.98. The third kappa shape index (κ3) is 4.17. The van der Waals surface area contributed by atoms with Crippen molar-refractivity contribution in [3.8, 4) is 0 Å². The molecule has 2 N–H and O–H groups in total. The van der Waals surface area contributed by atoms with E-state index in [1.165, 1.54) is 28.8 Å². The van der Waals surface area contributed by atoms with Gasteiger partial charge in [-0.3, -0.25) is 10.00 Å². The van der Waals surface area contributed by atoms with Gasteiger partial charge in [0.1, 0.15) is 0 Å². The first-order chi connectivity index (χ1) is 12.8. The molecule has 1 aromatic heterocycles. The Morgan fingerprint density at radius 1 is 1.27 bits per heavy atom. The fourth-order valence-electron chi connectivity index (χ4n) is 4.12. The summed E-state index contributed by atoms with van der Waals surface area (Å²) in [6.45, 7) is 7.02. The second-order valence-electron chi connectivity index (χ2n) is 7.54. The maximum Gasteiger partial charge on any atom is 0.0594 e. The van der Waals surface area contributed by atoms with E-state index in [0.717, 1.165) is 52.1 Å². The first kappa shape index (κ1) is 17.7. The molecule has 2 aliphatic rings. The van der Waals surface area contributed by atoms with Gasteiger partial charge in [0.15, 0.2) is 0 Å². The third-order valence-electron chi connectivity index (χ3n) is 5.79. The van der Waals surface area contributed by atoms with Gasteiger partial charge in [-0.2, -0.15) is 5.10 Å². The van der Waals surface area contributed by atoms with Gasteiger partial charge in [0, 0.05) is 37.4 Å². The van der Waals surface area contributed by atoms with Crippen molar-refractivity contribution in [1.29, 1.82) is 0 Å². The summed E-state index contributed by atoms with van der Waals surface area (Å²) in [5.74, 6) is 0. The summed E-state index contributed by atoms with van der Waals surface area (Å²) in [7, 11) is 0. The second-order valence-corrected chi connectivity index (χ2v) is 7.54. The van der Waals surface area contributed by atoms with E-state index >= 15 is 0 Å². The minimum Gasteiger partial charge on any atom is -0.379 e. The first-order valence-electron chi connectivity index (χ1n) is 9.98. The van der Waals surface area contributed by atoms with Crippen LogP contribution in [0.15, 0.2) is 30.5 Å². The average molecular weight is 354 g/mol. The van der Waals surface area contributed by atoms with Crippen LogP contribution in [0.25, 0.3) is 0 Å². The summed E-state index contributed by atoms with van der Waals surface area (Å²) in [5, 5.41) is 11.3. The van der Waals surface area contributed by atoms with Crippen LogP contribution in [0.1, 0.15) is 41.8 Å². The van der Waals surface area contributed by atoms with Crippen molar-refractivity contribution in [2.24, 2.45) is 0 Å².